The monoisotopic (exact) mass is 290 g/mol. The summed E-state index contributed by atoms with van der Waals surface area (Å²) < 4.78 is 26.6. The van der Waals surface area contributed by atoms with E-state index >= 15 is 0 Å². The Kier molecular flexibility index (Phi) is 4.33. The molecule has 7 heteroatoms. The van der Waals surface area contributed by atoms with Crippen molar-refractivity contribution in [3.8, 4) is 12.1 Å². The Balaban J connectivity index is 2.46. The molecule has 1 aliphatic carbocycles. The smallest absolute Gasteiger partial charge is 0.244 e. The second-order valence-electron chi connectivity index (χ2n) is 4.61. The van der Waals surface area contributed by atoms with E-state index in [1.54, 1.807) is 6.07 Å². The standard InChI is InChI=1S/C13H14N4O2S/c14-7-9-17(11-4-1-2-5-11)20(18,19)13-6-3-8-16-12(13)10-15/h3,6,8,11H,1-2,4-5,9H2. The zero-order chi connectivity index (χ0) is 14.6. The van der Waals surface area contributed by atoms with Crippen LogP contribution in [-0.4, -0.2) is 30.3 Å². The molecule has 0 bridgehead atoms. The maximum Gasteiger partial charge on any atom is 0.247 e. The van der Waals surface area contributed by atoms with Crippen molar-refractivity contribution in [2.45, 2.75) is 36.6 Å². The van der Waals surface area contributed by atoms with Crippen LogP contribution in [0.3, 0.4) is 0 Å². The van der Waals surface area contributed by atoms with Crippen molar-refractivity contribution in [1.82, 2.24) is 9.29 Å². The molecule has 0 N–H and O–H groups in total. The van der Waals surface area contributed by atoms with Crippen molar-refractivity contribution in [3.63, 3.8) is 0 Å². The van der Waals surface area contributed by atoms with Crippen molar-refractivity contribution in [1.29, 1.82) is 10.5 Å². The zero-order valence-electron chi connectivity index (χ0n) is 10.9. The summed E-state index contributed by atoms with van der Waals surface area (Å²) in [6.07, 6.45) is 4.80. The van der Waals surface area contributed by atoms with Crippen molar-refractivity contribution < 1.29 is 8.42 Å². The molecular weight excluding hydrogens is 276 g/mol. The molecule has 1 saturated carbocycles. The summed E-state index contributed by atoms with van der Waals surface area (Å²) >= 11 is 0. The van der Waals surface area contributed by atoms with Crippen LogP contribution < -0.4 is 0 Å². The Morgan fingerprint density at radius 3 is 2.65 bits per heavy atom. The summed E-state index contributed by atoms with van der Waals surface area (Å²) in [5.74, 6) is 0. The van der Waals surface area contributed by atoms with Crippen molar-refractivity contribution in [2.75, 3.05) is 6.54 Å². The molecule has 1 aromatic heterocycles. The maximum absolute atomic E-state index is 12.7. The van der Waals surface area contributed by atoms with E-state index in [1.807, 2.05) is 6.07 Å². The van der Waals surface area contributed by atoms with Gasteiger partial charge in [-0.15, -0.1) is 0 Å². The van der Waals surface area contributed by atoms with E-state index in [9.17, 15) is 8.42 Å². The summed E-state index contributed by atoms with van der Waals surface area (Å²) in [5.41, 5.74) is -0.131. The fourth-order valence-corrected chi connectivity index (χ4v) is 4.16. The molecule has 1 aliphatic rings. The van der Waals surface area contributed by atoms with E-state index in [4.69, 9.17) is 10.5 Å². The van der Waals surface area contributed by atoms with Crippen LogP contribution in [0.1, 0.15) is 31.4 Å². The topological polar surface area (TPSA) is 97.8 Å². The van der Waals surface area contributed by atoms with E-state index in [1.165, 1.54) is 22.6 Å². The third kappa shape index (κ3) is 2.64. The van der Waals surface area contributed by atoms with Crippen LogP contribution in [0.5, 0.6) is 0 Å². The number of nitrogens with zero attached hydrogens (tertiary/aromatic N) is 4. The van der Waals surface area contributed by atoms with Gasteiger partial charge in [0.2, 0.25) is 10.0 Å². The number of hydrogen-bond donors (Lipinski definition) is 0. The lowest BCUT2D eigenvalue weighted by atomic mass is 10.2. The molecule has 1 aromatic rings. The van der Waals surface area contributed by atoms with Gasteiger partial charge in [0.15, 0.2) is 5.69 Å². The van der Waals surface area contributed by atoms with Crippen LogP contribution in [0.25, 0.3) is 0 Å². The third-order valence-corrected chi connectivity index (χ3v) is 5.35. The minimum absolute atomic E-state index is 0.121. The molecule has 104 valence electrons. The molecule has 0 aromatic carbocycles. The fourth-order valence-electron chi connectivity index (χ4n) is 2.48. The normalized spacial score (nSPS) is 15.9. The molecule has 0 unspecified atom stereocenters. The number of rotatable bonds is 4. The lowest BCUT2D eigenvalue weighted by Gasteiger charge is -2.25. The van der Waals surface area contributed by atoms with Gasteiger partial charge >= 0.3 is 0 Å². The van der Waals surface area contributed by atoms with Crippen LogP contribution in [0, 0.1) is 22.7 Å². The van der Waals surface area contributed by atoms with Crippen LogP contribution in [-0.2, 0) is 10.0 Å². The number of hydrogen-bond acceptors (Lipinski definition) is 5. The minimum atomic E-state index is -3.86. The number of sulfonamides is 1. The van der Waals surface area contributed by atoms with Gasteiger partial charge in [0, 0.05) is 12.2 Å². The first-order chi connectivity index (χ1) is 9.61. The quantitative estimate of drug-likeness (QED) is 0.781. The number of pyridine rings is 1. The van der Waals surface area contributed by atoms with E-state index in [-0.39, 0.29) is 23.2 Å². The van der Waals surface area contributed by atoms with E-state index in [2.05, 4.69) is 4.98 Å². The molecule has 0 spiro atoms. The van der Waals surface area contributed by atoms with Crippen LogP contribution in [0.4, 0.5) is 0 Å². The Morgan fingerprint density at radius 2 is 2.05 bits per heavy atom. The van der Waals surface area contributed by atoms with Crippen molar-refractivity contribution in [3.05, 3.63) is 24.0 Å². The highest BCUT2D eigenvalue weighted by atomic mass is 32.2. The van der Waals surface area contributed by atoms with E-state index in [0.29, 0.717) is 0 Å². The average molecular weight is 290 g/mol. The van der Waals surface area contributed by atoms with Gasteiger partial charge in [0.05, 0.1) is 6.07 Å². The Hall–Kier alpha value is -1.96. The van der Waals surface area contributed by atoms with Gasteiger partial charge in [-0.2, -0.15) is 14.8 Å². The van der Waals surface area contributed by atoms with Crippen LogP contribution in [0.15, 0.2) is 23.2 Å². The van der Waals surface area contributed by atoms with Gasteiger partial charge in [-0.3, -0.25) is 0 Å². The molecule has 2 rings (SSSR count). The molecule has 6 nitrogen and oxygen atoms in total. The van der Waals surface area contributed by atoms with Crippen molar-refractivity contribution in [2.24, 2.45) is 0 Å². The van der Waals surface area contributed by atoms with Gasteiger partial charge in [-0.25, -0.2) is 13.4 Å². The molecule has 0 radical (unpaired) electrons. The maximum atomic E-state index is 12.7. The SMILES string of the molecule is N#CCN(C1CCCC1)S(=O)(=O)c1cccnc1C#N. The predicted molar refractivity (Wildman–Crippen MR) is 70.7 cm³/mol. The minimum Gasteiger partial charge on any atom is -0.244 e. The van der Waals surface area contributed by atoms with E-state index in [0.717, 1.165) is 25.7 Å². The first-order valence-electron chi connectivity index (χ1n) is 6.35. The molecule has 1 heterocycles. The summed E-state index contributed by atoms with van der Waals surface area (Å²) in [6.45, 7) is -0.202. The Morgan fingerprint density at radius 1 is 1.35 bits per heavy atom. The first-order valence-corrected chi connectivity index (χ1v) is 7.79. The molecular formula is C13H14N4O2S. The summed E-state index contributed by atoms with van der Waals surface area (Å²) in [7, 11) is -3.86. The molecule has 0 aliphatic heterocycles. The van der Waals surface area contributed by atoms with Crippen LogP contribution in [0.2, 0.25) is 0 Å². The summed E-state index contributed by atoms with van der Waals surface area (Å²) in [5, 5.41) is 17.9. The molecule has 1 fully saturated rings. The van der Waals surface area contributed by atoms with Gasteiger partial charge in [0.1, 0.15) is 17.5 Å². The van der Waals surface area contributed by atoms with Gasteiger partial charge in [-0.1, -0.05) is 12.8 Å². The Bertz CT molecular complexity index is 666. The third-order valence-electron chi connectivity index (χ3n) is 3.42. The number of aromatic nitrogens is 1. The van der Waals surface area contributed by atoms with Gasteiger partial charge < -0.3 is 0 Å². The highest BCUT2D eigenvalue weighted by molar-refractivity contribution is 7.89. The predicted octanol–water partition coefficient (Wildman–Crippen LogP) is 1.41. The largest absolute Gasteiger partial charge is 0.247 e. The number of nitriles is 2. The second kappa shape index (κ2) is 6.00. The highest BCUT2D eigenvalue weighted by Gasteiger charge is 2.34. The Labute approximate surface area is 118 Å². The van der Waals surface area contributed by atoms with Crippen LogP contribution >= 0.6 is 0 Å². The lowest BCUT2D eigenvalue weighted by Crippen LogP contribution is -2.39. The molecule has 20 heavy (non-hydrogen) atoms. The lowest BCUT2D eigenvalue weighted by molar-refractivity contribution is 0.350. The summed E-state index contributed by atoms with van der Waals surface area (Å²) in [6, 6.07) is 6.37. The summed E-state index contributed by atoms with van der Waals surface area (Å²) in [4.78, 5) is 3.66. The zero-order valence-corrected chi connectivity index (χ0v) is 11.7. The highest BCUT2D eigenvalue weighted by Crippen LogP contribution is 2.29. The van der Waals surface area contributed by atoms with Gasteiger partial charge in [0.25, 0.3) is 0 Å². The first kappa shape index (κ1) is 14.4. The second-order valence-corrected chi connectivity index (χ2v) is 6.47. The fraction of sp³-hybridized carbons (Fsp3) is 0.462. The van der Waals surface area contributed by atoms with Gasteiger partial charge in [-0.05, 0) is 25.0 Å². The molecule has 0 amide bonds. The van der Waals surface area contributed by atoms with E-state index < -0.39 is 10.0 Å². The molecule has 0 saturated heterocycles. The molecule has 0 atom stereocenters. The van der Waals surface area contributed by atoms with Crippen molar-refractivity contribution >= 4 is 10.0 Å². The average Bonchev–Trinajstić information content (AvgIpc) is 2.98.